The summed E-state index contributed by atoms with van der Waals surface area (Å²) in [6, 6.07) is 5.38. The Labute approximate surface area is 255 Å². The summed E-state index contributed by atoms with van der Waals surface area (Å²) in [4.78, 5) is 0. The molecule has 0 aliphatic heterocycles. The van der Waals surface area contributed by atoms with Gasteiger partial charge in [-0.05, 0) is 103 Å². The monoisotopic (exact) mass is 634 g/mol. The van der Waals surface area contributed by atoms with E-state index in [1.807, 2.05) is 6.07 Å². The maximum Gasteiger partial charge on any atom is 0.453 e. The van der Waals surface area contributed by atoms with Crippen molar-refractivity contribution in [2.75, 3.05) is 11.5 Å². The molecule has 3 N–H and O–H groups in total. The van der Waals surface area contributed by atoms with Gasteiger partial charge in [0, 0.05) is 6.42 Å². The minimum absolute atomic E-state index is 0.0353. The number of aromatic hydroxyl groups is 1. The predicted octanol–water partition coefficient (Wildman–Crippen LogP) is 8.34. The molecule has 244 valence electrons. The summed E-state index contributed by atoms with van der Waals surface area (Å²) in [7, 11) is 0. The lowest BCUT2D eigenvalue weighted by atomic mass is 9.51. The van der Waals surface area contributed by atoms with Crippen molar-refractivity contribution in [1.29, 1.82) is 0 Å². The van der Waals surface area contributed by atoms with Gasteiger partial charge in [-0.1, -0.05) is 62.8 Å². The zero-order chi connectivity index (χ0) is 31.6. The number of hydrogen-bond donors (Lipinski definition) is 3. The van der Waals surface area contributed by atoms with Crippen LogP contribution in [0.15, 0.2) is 30.4 Å². The molecule has 8 atom stereocenters. The quantitative estimate of drug-likeness (QED) is 0.0832. The minimum Gasteiger partial charge on any atom is -0.616 e. The van der Waals surface area contributed by atoms with Crippen LogP contribution in [0.2, 0.25) is 0 Å². The summed E-state index contributed by atoms with van der Waals surface area (Å²) in [6.07, 6.45) is 1.38. The second-order valence-corrected chi connectivity index (χ2v) is 15.1. The van der Waals surface area contributed by atoms with Crippen molar-refractivity contribution in [1.82, 2.24) is 0 Å². The summed E-state index contributed by atoms with van der Waals surface area (Å²) in [5, 5.41) is 32.5. The highest BCUT2D eigenvalue weighted by Gasteiger charge is 2.58. The van der Waals surface area contributed by atoms with Gasteiger partial charge in [-0.3, -0.25) is 0 Å². The molecule has 0 saturated heterocycles. The van der Waals surface area contributed by atoms with Crippen LogP contribution in [0.5, 0.6) is 5.75 Å². The van der Waals surface area contributed by atoms with E-state index < -0.39 is 48.3 Å². The fraction of sp³-hybridized carbons (Fsp3) is 0.758. The SMILES string of the molecule is C=C1[C@H](O)C[C@H]2[C@@H]3[C@H](CCCCCCCCC[S+]([O-])CCCC(F)(F)C(F)(F)F)[C@@H](O)c4cc(O)ccc4[C@H]3CC[C@]12C. The molecule has 3 aliphatic rings. The summed E-state index contributed by atoms with van der Waals surface area (Å²) < 4.78 is 74.6. The molecule has 4 rings (SSSR count). The summed E-state index contributed by atoms with van der Waals surface area (Å²) in [5.74, 6) is -3.59. The third-order valence-electron chi connectivity index (χ3n) is 10.7. The molecule has 0 amide bonds. The number of halogens is 5. The van der Waals surface area contributed by atoms with Crippen LogP contribution < -0.4 is 0 Å². The van der Waals surface area contributed by atoms with Gasteiger partial charge in [0.05, 0.1) is 12.2 Å². The van der Waals surface area contributed by atoms with Crippen LogP contribution in [0, 0.1) is 23.2 Å². The highest BCUT2D eigenvalue weighted by Crippen LogP contribution is 2.65. The number of fused-ring (bicyclic) bond motifs is 5. The molecule has 0 spiro atoms. The Bertz CT molecular complexity index is 1100. The Hall–Kier alpha value is -1.36. The number of unbranched alkanes of at least 4 members (excludes halogenated alkanes) is 6. The average molecular weight is 635 g/mol. The van der Waals surface area contributed by atoms with E-state index >= 15 is 0 Å². The lowest BCUT2D eigenvalue weighted by Gasteiger charge is -2.53. The number of alkyl halides is 5. The standard InChI is InChI=1S/C33H47F5O4S/c1-21-28(40)20-27-29-24(14-16-31(21,27)2)23-13-12-22(39)19-26(23)30(41)25(29)11-8-6-4-3-5-7-9-17-43(42)18-10-15-32(34,35)33(36,37)38/h12-13,19,24-25,27-30,39-41H,1,3-11,14-18,20H2,2H3/t24-,25+,27+,28-,29+,30-,31-,43?/m1/s1. The van der Waals surface area contributed by atoms with Crippen LogP contribution in [-0.2, 0) is 11.2 Å². The van der Waals surface area contributed by atoms with Gasteiger partial charge in [-0.2, -0.15) is 22.0 Å². The van der Waals surface area contributed by atoms with Crippen LogP contribution in [0.25, 0.3) is 0 Å². The second-order valence-electron chi connectivity index (χ2n) is 13.4. The van der Waals surface area contributed by atoms with Crippen LogP contribution in [-0.4, -0.2) is 49.6 Å². The first-order valence-corrected chi connectivity index (χ1v) is 17.3. The van der Waals surface area contributed by atoms with Crippen LogP contribution in [0.4, 0.5) is 22.0 Å². The number of hydrogen-bond acceptors (Lipinski definition) is 4. The topological polar surface area (TPSA) is 83.8 Å². The third-order valence-corrected chi connectivity index (χ3v) is 12.2. The van der Waals surface area contributed by atoms with Gasteiger partial charge in [-0.25, -0.2) is 0 Å². The number of benzene rings is 1. The number of rotatable bonds is 14. The van der Waals surface area contributed by atoms with Crippen molar-refractivity contribution in [3.05, 3.63) is 41.5 Å². The molecule has 0 radical (unpaired) electrons. The van der Waals surface area contributed by atoms with Gasteiger partial charge in [0.25, 0.3) is 0 Å². The van der Waals surface area contributed by atoms with Crippen molar-refractivity contribution < 1.29 is 41.8 Å². The molecule has 2 fully saturated rings. The third kappa shape index (κ3) is 7.55. The fourth-order valence-electron chi connectivity index (χ4n) is 8.25. The van der Waals surface area contributed by atoms with Gasteiger partial charge >= 0.3 is 12.1 Å². The first-order valence-electron chi connectivity index (χ1n) is 15.8. The Balaban J connectivity index is 1.20. The Kier molecular flexibility index (Phi) is 11.2. The van der Waals surface area contributed by atoms with Crippen LogP contribution in [0.3, 0.4) is 0 Å². The number of aliphatic hydroxyl groups is 2. The second kappa shape index (κ2) is 14.0. The molecule has 43 heavy (non-hydrogen) atoms. The molecule has 1 unspecified atom stereocenters. The summed E-state index contributed by atoms with van der Waals surface area (Å²) >= 11 is -1.39. The smallest absolute Gasteiger partial charge is 0.453 e. The van der Waals surface area contributed by atoms with Gasteiger partial charge in [0.1, 0.15) is 17.3 Å². The van der Waals surface area contributed by atoms with Gasteiger partial charge in [0.15, 0.2) is 0 Å². The first kappa shape index (κ1) is 34.5. The van der Waals surface area contributed by atoms with Crippen LogP contribution in [0.1, 0.15) is 114 Å². The number of aliphatic hydroxyl groups excluding tert-OH is 2. The largest absolute Gasteiger partial charge is 0.616 e. The number of phenolic OH excluding ortho intramolecular Hbond substituents is 1. The van der Waals surface area contributed by atoms with E-state index in [0.29, 0.717) is 18.6 Å². The fourth-order valence-corrected chi connectivity index (χ4v) is 9.45. The molecule has 0 aromatic heterocycles. The summed E-state index contributed by atoms with van der Waals surface area (Å²) in [6.45, 7) is 6.48. The van der Waals surface area contributed by atoms with Crippen molar-refractivity contribution in [3.63, 3.8) is 0 Å². The molecule has 3 aliphatic carbocycles. The zero-order valence-corrected chi connectivity index (χ0v) is 25.9. The van der Waals surface area contributed by atoms with Gasteiger partial charge in [-0.15, -0.1) is 0 Å². The Morgan fingerprint density at radius 3 is 2.26 bits per heavy atom. The van der Waals surface area contributed by atoms with E-state index in [2.05, 4.69) is 13.5 Å². The molecular formula is C33H47F5O4S. The van der Waals surface area contributed by atoms with E-state index in [1.165, 1.54) is 0 Å². The van der Waals surface area contributed by atoms with Gasteiger partial charge < -0.3 is 19.9 Å². The van der Waals surface area contributed by atoms with Crippen molar-refractivity contribution >= 4 is 11.2 Å². The molecule has 4 nitrogen and oxygen atoms in total. The lowest BCUT2D eigenvalue weighted by Crippen LogP contribution is -2.45. The average Bonchev–Trinajstić information content (AvgIpc) is 3.16. The molecule has 1 aromatic carbocycles. The summed E-state index contributed by atoms with van der Waals surface area (Å²) in [5.41, 5.74) is 2.75. The molecule has 1 aromatic rings. The van der Waals surface area contributed by atoms with Crippen molar-refractivity contribution in [3.8, 4) is 5.75 Å². The van der Waals surface area contributed by atoms with E-state index in [1.54, 1.807) is 12.1 Å². The Morgan fingerprint density at radius 1 is 0.953 bits per heavy atom. The zero-order valence-electron chi connectivity index (χ0n) is 25.1. The number of phenols is 1. The Morgan fingerprint density at radius 2 is 1.58 bits per heavy atom. The molecule has 2 saturated carbocycles. The molecule has 0 bridgehead atoms. The van der Waals surface area contributed by atoms with Crippen molar-refractivity contribution in [2.24, 2.45) is 23.2 Å². The van der Waals surface area contributed by atoms with Crippen molar-refractivity contribution in [2.45, 2.75) is 121 Å². The molecule has 0 heterocycles. The normalized spacial score (nSPS) is 31.4. The predicted molar refractivity (Wildman–Crippen MR) is 158 cm³/mol. The van der Waals surface area contributed by atoms with E-state index in [-0.39, 0.29) is 40.6 Å². The van der Waals surface area contributed by atoms with E-state index in [0.717, 1.165) is 74.5 Å². The molecular weight excluding hydrogens is 587 g/mol. The highest BCUT2D eigenvalue weighted by atomic mass is 32.2. The first-order chi connectivity index (χ1) is 20.2. The van der Waals surface area contributed by atoms with E-state index in [4.69, 9.17) is 0 Å². The maximum absolute atomic E-state index is 13.0. The van der Waals surface area contributed by atoms with E-state index in [9.17, 15) is 41.8 Å². The van der Waals surface area contributed by atoms with Crippen LogP contribution >= 0.6 is 0 Å². The molecule has 10 heteroatoms. The lowest BCUT2D eigenvalue weighted by molar-refractivity contribution is -0.284. The minimum atomic E-state index is -5.56. The highest BCUT2D eigenvalue weighted by molar-refractivity contribution is 7.91. The maximum atomic E-state index is 13.0. The van der Waals surface area contributed by atoms with Gasteiger partial charge in [0.2, 0.25) is 0 Å².